The lowest BCUT2D eigenvalue weighted by Gasteiger charge is -2.35. The molecular formula is C91H168N8O17S10. The van der Waals surface area contributed by atoms with Gasteiger partial charge in [0.05, 0.1) is 18.1 Å². The fourth-order valence-electron chi connectivity index (χ4n) is 16.2. The van der Waals surface area contributed by atoms with Crippen molar-refractivity contribution in [2.45, 2.75) is 329 Å². The number of azide groups is 1. The van der Waals surface area contributed by atoms with Gasteiger partial charge in [0.15, 0.2) is 0 Å². The number of cyclic esters (lactones) is 3. The number of alkyl carbamates (subject to hydrolysis) is 2. The highest BCUT2D eigenvalue weighted by atomic mass is 32.1. The van der Waals surface area contributed by atoms with Crippen LogP contribution in [0.3, 0.4) is 0 Å². The highest BCUT2D eigenvalue weighted by Gasteiger charge is 2.47. The van der Waals surface area contributed by atoms with E-state index in [1.807, 2.05) is 91.0 Å². The maximum Gasteiger partial charge on any atom is 0.417 e. The summed E-state index contributed by atoms with van der Waals surface area (Å²) in [5.41, 5.74) is 10.8. The van der Waals surface area contributed by atoms with E-state index in [9.17, 15) is 53.1 Å². The van der Waals surface area contributed by atoms with Crippen molar-refractivity contribution >= 4 is 195 Å². The van der Waals surface area contributed by atoms with Gasteiger partial charge in [0, 0.05) is 17.8 Å². The molecule has 0 radical (unpaired) electrons. The number of imide groups is 3. The second-order valence-corrected chi connectivity index (χ2v) is 34.3. The summed E-state index contributed by atoms with van der Waals surface area (Å²) >= 11 is 0. The maximum atomic E-state index is 13.6. The van der Waals surface area contributed by atoms with Gasteiger partial charge in [-0.3, -0.25) is 19.2 Å². The van der Waals surface area contributed by atoms with Crippen LogP contribution in [0.2, 0.25) is 0 Å². The molecule has 8 amide bonds. The molecule has 0 spiro atoms. The van der Waals surface area contributed by atoms with Crippen molar-refractivity contribution in [3.63, 3.8) is 0 Å². The van der Waals surface area contributed by atoms with Crippen molar-refractivity contribution in [3.8, 4) is 0 Å². The first-order valence-electron chi connectivity index (χ1n) is 40.3. The second kappa shape index (κ2) is 70.5. The van der Waals surface area contributed by atoms with E-state index >= 15 is 0 Å². The number of benzene rings is 3. The molecule has 0 aromatic heterocycles. The van der Waals surface area contributed by atoms with E-state index in [-0.39, 0.29) is 228 Å². The normalized spacial score (nSPS) is 23.3. The first kappa shape index (κ1) is 141. The van der Waals surface area contributed by atoms with E-state index in [2.05, 4.69) is 55.3 Å². The number of rotatable bonds is 19. The Morgan fingerprint density at radius 3 is 0.984 bits per heavy atom. The monoisotopic (exact) mass is 1960 g/mol. The van der Waals surface area contributed by atoms with Crippen LogP contribution in [-0.4, -0.2) is 152 Å². The average molecular weight is 1970 g/mol. The molecule has 0 unspecified atom stereocenters. The Hall–Kier alpha value is -5.23. The van der Waals surface area contributed by atoms with E-state index < -0.39 is 89.6 Å². The molecule has 3 aliphatic heterocycles. The summed E-state index contributed by atoms with van der Waals surface area (Å²) in [7, 11) is 0. The minimum Gasteiger partial charge on any atom is -0.481 e. The second-order valence-electron chi connectivity index (χ2n) is 34.3. The van der Waals surface area contributed by atoms with E-state index in [0.717, 1.165) is 131 Å². The maximum absolute atomic E-state index is 13.6. The molecule has 6 atom stereocenters. The van der Waals surface area contributed by atoms with E-state index in [1.165, 1.54) is 40.4 Å². The Labute approximate surface area is 826 Å². The highest BCUT2D eigenvalue weighted by Crippen LogP contribution is 2.38. The van der Waals surface area contributed by atoms with Gasteiger partial charge < -0.3 is 44.5 Å². The fraction of sp³-hybridized carbons (Fsp3) is 0.692. The largest absolute Gasteiger partial charge is 0.481 e. The third kappa shape index (κ3) is 48.3. The topological polar surface area (TPSA) is 340 Å². The van der Waals surface area contributed by atoms with Crippen molar-refractivity contribution in [2.24, 2.45) is 64.3 Å². The minimum atomic E-state index is -0.981. The van der Waals surface area contributed by atoms with Crippen molar-refractivity contribution in [2.75, 3.05) is 19.8 Å². The van der Waals surface area contributed by atoms with E-state index in [4.69, 9.17) is 34.3 Å². The summed E-state index contributed by atoms with van der Waals surface area (Å²) < 4.78 is 26.0. The van der Waals surface area contributed by atoms with Crippen molar-refractivity contribution in [1.82, 2.24) is 25.3 Å². The van der Waals surface area contributed by atoms with Crippen LogP contribution < -0.4 is 10.6 Å². The Morgan fingerprint density at radius 1 is 0.413 bits per heavy atom. The summed E-state index contributed by atoms with van der Waals surface area (Å²) in [6, 6.07) is 25.9. The van der Waals surface area contributed by atoms with Crippen LogP contribution >= 0.6 is 135 Å². The molecule has 3 aromatic rings. The molecule has 35 heteroatoms. The number of aliphatic carboxylic acids is 2. The number of amides is 8. The SMILES string of the molecule is C.C.C.C.C.C.CC1CCC(CC(=O)N2C(=O)OC[C@@H]2Cc2ccccc2)CC1.CC1CCC(CC(=O)O)CC1.CC1CCC([C@H](N=[N+]=[N-])C(=O)N2C(=O)OC[C@@H]2Cc2ccccc2)CC1.CC1CCC([C@H](NC(=O)OC(C)(C)C)C(=O)N2C(=O)OC[C@@H]2Cc2ccccc2)CC1.CC1CCC([C@H](NC(=O)OC(C)(C)C)C(=O)O)CC1.S.S.S.S.S.S.S.S.S.S. The highest BCUT2D eigenvalue weighted by molar-refractivity contribution is 7.60. The van der Waals surface area contributed by atoms with Gasteiger partial charge in [-0.25, -0.2) is 43.5 Å². The molecule has 8 aliphatic rings. The Morgan fingerprint density at radius 2 is 0.683 bits per heavy atom. The summed E-state index contributed by atoms with van der Waals surface area (Å²) in [6.45, 7) is 22.3. The first-order chi connectivity index (χ1) is 52.2. The van der Waals surface area contributed by atoms with Crippen LogP contribution in [0, 0.1) is 59.2 Å². The third-order valence-corrected chi connectivity index (χ3v) is 22.6. The van der Waals surface area contributed by atoms with Gasteiger partial charge in [-0.05, 0) is 206 Å². The van der Waals surface area contributed by atoms with E-state index in [1.54, 1.807) is 41.5 Å². The number of carbonyl (C=O) groups excluding carboxylic acids is 8. The van der Waals surface area contributed by atoms with Gasteiger partial charge in [-0.2, -0.15) is 135 Å². The lowest BCUT2D eigenvalue weighted by Crippen LogP contribution is -2.56. The predicted octanol–water partition coefficient (Wildman–Crippen LogP) is 22.2. The van der Waals surface area contributed by atoms with Gasteiger partial charge in [0.2, 0.25) is 11.8 Å². The molecule has 3 heterocycles. The van der Waals surface area contributed by atoms with Crippen LogP contribution in [-0.2, 0) is 66.9 Å². The average Bonchev–Trinajstić information content (AvgIpc) is 1.54. The summed E-state index contributed by atoms with van der Waals surface area (Å²) in [6.07, 6.45) is 19.8. The predicted molar refractivity (Wildman–Crippen MR) is 560 cm³/mol. The molecule has 11 rings (SSSR count). The van der Waals surface area contributed by atoms with Gasteiger partial charge in [0.1, 0.15) is 49.1 Å². The van der Waals surface area contributed by atoms with Crippen molar-refractivity contribution < 1.29 is 81.8 Å². The zero-order valence-electron chi connectivity index (χ0n) is 71.9. The smallest absolute Gasteiger partial charge is 0.417 e. The summed E-state index contributed by atoms with van der Waals surface area (Å²) in [5.74, 6) is 1.77. The summed E-state index contributed by atoms with van der Waals surface area (Å²) in [5, 5.41) is 26.9. The van der Waals surface area contributed by atoms with Crippen LogP contribution in [0.4, 0.5) is 24.0 Å². The zero-order valence-corrected chi connectivity index (χ0v) is 81.9. The number of carbonyl (C=O) groups is 10. The van der Waals surface area contributed by atoms with Crippen molar-refractivity contribution in [1.29, 1.82) is 0 Å². The number of carboxylic acids is 2. The summed E-state index contributed by atoms with van der Waals surface area (Å²) in [4.78, 5) is 129. The third-order valence-electron chi connectivity index (χ3n) is 22.6. The van der Waals surface area contributed by atoms with Crippen LogP contribution in [0.1, 0.15) is 279 Å². The molecular weight excluding hydrogens is 1800 g/mol. The number of ether oxygens (including phenoxy) is 5. The van der Waals surface area contributed by atoms with Gasteiger partial charge >= 0.3 is 42.4 Å². The Kier molecular flexibility index (Phi) is 79.0. The number of carboxylic acid groups (broad SMARTS) is 2. The van der Waals surface area contributed by atoms with Gasteiger partial charge in [-0.15, -0.1) is 0 Å². The Bertz CT molecular complexity index is 3540. The zero-order chi connectivity index (χ0) is 80.2. The van der Waals surface area contributed by atoms with Crippen LogP contribution in [0.25, 0.3) is 10.4 Å². The quantitative estimate of drug-likeness (QED) is 0.0375. The molecule has 126 heavy (non-hydrogen) atoms. The molecule has 4 N–H and O–H groups in total. The van der Waals surface area contributed by atoms with Gasteiger partial charge in [-0.1, -0.05) is 239 Å². The number of nitrogens with one attached hydrogen (secondary N) is 2. The molecule has 0 bridgehead atoms. The number of hydrogen-bond acceptors (Lipinski definition) is 16. The molecule has 5 saturated carbocycles. The lowest BCUT2D eigenvalue weighted by molar-refractivity contribution is -0.141. The molecule has 3 aromatic carbocycles. The first-order valence-corrected chi connectivity index (χ1v) is 40.3. The lowest BCUT2D eigenvalue weighted by atomic mass is 9.78. The Balaban J connectivity index is -0.000000166. The van der Waals surface area contributed by atoms with Crippen molar-refractivity contribution in [3.05, 3.63) is 118 Å². The molecule has 5 aliphatic carbocycles. The number of hydrogen-bond donors (Lipinski definition) is 4. The number of nitrogens with zero attached hydrogens (tertiary/aromatic N) is 6. The molecule has 25 nitrogen and oxygen atoms in total. The van der Waals surface area contributed by atoms with Crippen LogP contribution in [0.15, 0.2) is 96.1 Å². The fourth-order valence-corrected chi connectivity index (χ4v) is 16.2. The molecule has 8 fully saturated rings. The van der Waals surface area contributed by atoms with Crippen LogP contribution in [0.5, 0.6) is 0 Å². The minimum absolute atomic E-state index is 0. The molecule has 3 saturated heterocycles. The van der Waals surface area contributed by atoms with E-state index in [0.29, 0.717) is 68.3 Å². The molecule has 734 valence electrons. The standard InChI is InChI=1S/C24H34N2O5.C19H24N4O3.C19H25NO3.C14H25NO4.C9H16O2.6CH4.10H2S/c1-16-10-12-18(13-11-16)20(25-22(28)31-24(2,3)4)21(27)26-19(15-30-23(26)29)14-17-8-6-5-7-9-17;1-13-7-9-15(10-8-13)17(21-22-20)18(24)23-16(12-26-19(23)25)11-14-5-3-2-4-6-14;1-14-7-9-16(10-8-14)12-18(21)20-17(13-23-19(20)22)11-15-5-3-2-4-6-15;1-9-5-7-10(8-6-9)11(12(16)17)15-13(18)19-14(2,3)4;1-7-2-4-8(5-3-7)6-9(10)11;;;;;;;;;;;;;;;;/h5-9,16,18-20H,10-15H2,1-4H3,(H,25,28);2-6,13,15-17H,7-12H2,1H3;2-6,14,16-17H,7-13H2,1H3;9-11H,5-8H2,1-4H3,(H,15,18)(H,16,17);7-8H,2-6H2,1H3,(H,10,11);6*1H4;10*1H2/t16?,18?,19-,20-;13?,15?,16-,17-;14?,16?,17-;9?,10?,11-;;;;;;;;;;;;;;;;;/m0000................./s1. The van der Waals surface area contributed by atoms with Gasteiger partial charge in [0.25, 0.3) is 5.91 Å².